The zero-order chi connectivity index (χ0) is 46.6. The molecule has 0 spiro atoms. The van der Waals surface area contributed by atoms with Crippen LogP contribution in [0.15, 0.2) is 200 Å². The van der Waals surface area contributed by atoms with E-state index in [0.29, 0.717) is 11.0 Å². The lowest BCUT2D eigenvalue weighted by molar-refractivity contribution is -0.383. The molecule has 0 unspecified atom stereocenters. The van der Waals surface area contributed by atoms with Gasteiger partial charge in [-0.3, -0.25) is 20.2 Å². The van der Waals surface area contributed by atoms with Crippen LogP contribution in [-0.2, 0) is 4.74 Å². The largest absolute Gasteiger partial charge is 0.381 e. The maximum atomic E-state index is 12.0. The lowest BCUT2D eigenvalue weighted by atomic mass is 9.94. The molecule has 0 amide bonds. The minimum absolute atomic E-state index is 0.0522. The van der Waals surface area contributed by atoms with Crippen molar-refractivity contribution in [3.8, 4) is 11.1 Å². The fourth-order valence-corrected chi connectivity index (χ4v) is 9.58. The Labute approximate surface area is 391 Å². The predicted octanol–water partition coefficient (Wildman–Crippen LogP) is 16.1. The standard InChI is InChI=1S/C30H20N2O2.C25H18N2O2.C4H8O/c33-32(34)28-19-9-17-25-23-13-5-4-12-22(23)24-16-8-15-21(20-10-2-1-3-11-20)29(24)26-14-6-7-18-27(26)31-30(25)28;1-16-8-6-12-19-17-9-2-3-10-18(17)20-13-7-15-23(27(28)29)25(20)26-22-14-5-4-11-21(22)24(16)19;1-2-4-5-3-1/h1-19,31H;2-15,26H,1H3;1-4H2. The van der Waals surface area contributed by atoms with Crippen molar-refractivity contribution in [2.75, 3.05) is 13.2 Å². The number of nitro benzene ring substituents is 2. The molecule has 9 heteroatoms. The molecule has 1 aliphatic heterocycles. The number of benzene rings is 9. The van der Waals surface area contributed by atoms with Crippen LogP contribution in [-0.4, -0.2) is 33.0 Å². The SMILES string of the molecule is C1CCOC1.Cc1cccc2c3ccccc3c3cccc([N+](=O)[O-])c3[nH]c3ccccc3c12.O=[N+]([O-])c1cccc2c1[nH]c1ccccc1c1c(-c3ccccc3)cccc1c1ccccc21. The number of hydrogen-bond acceptors (Lipinski definition) is 5. The molecule has 9 aromatic carbocycles. The van der Waals surface area contributed by atoms with E-state index in [1.54, 1.807) is 24.3 Å². The van der Waals surface area contributed by atoms with Gasteiger partial charge >= 0.3 is 0 Å². The van der Waals surface area contributed by atoms with Crippen molar-refractivity contribution < 1.29 is 14.6 Å². The maximum Gasteiger partial charge on any atom is 0.293 e. The van der Waals surface area contributed by atoms with Gasteiger partial charge in [-0.25, -0.2) is 0 Å². The van der Waals surface area contributed by atoms with Crippen molar-refractivity contribution >= 4 is 98.1 Å². The summed E-state index contributed by atoms with van der Waals surface area (Å²) in [7, 11) is 0. The highest BCUT2D eigenvalue weighted by atomic mass is 16.6. The third-order valence-electron chi connectivity index (χ3n) is 12.7. The fourth-order valence-electron chi connectivity index (χ4n) is 9.58. The number of non-ortho nitro benzene ring substituents is 2. The smallest absolute Gasteiger partial charge is 0.293 e. The zero-order valence-corrected chi connectivity index (χ0v) is 37.3. The van der Waals surface area contributed by atoms with E-state index in [4.69, 9.17) is 4.74 Å². The molecular weight excluding hydrogens is 845 g/mol. The van der Waals surface area contributed by atoms with E-state index in [1.165, 1.54) is 12.8 Å². The first-order chi connectivity index (χ1) is 33.4. The molecule has 12 rings (SSSR count). The number of fused-ring (bicyclic) bond motifs is 14. The summed E-state index contributed by atoms with van der Waals surface area (Å²) in [6.07, 6.45) is 2.56. The average Bonchev–Trinajstić information content (AvgIpc) is 4.00. The Morgan fingerprint density at radius 2 is 0.779 bits per heavy atom. The Morgan fingerprint density at radius 1 is 0.397 bits per heavy atom. The summed E-state index contributed by atoms with van der Waals surface area (Å²) >= 11 is 0. The minimum Gasteiger partial charge on any atom is -0.381 e. The topological polar surface area (TPSA) is 127 Å². The molecule has 2 N–H and O–H groups in total. The molecule has 1 aliphatic rings. The number of nitrogens with zero attached hydrogens (tertiary/aromatic N) is 2. The van der Waals surface area contributed by atoms with Crippen LogP contribution < -0.4 is 0 Å². The normalized spacial score (nSPS) is 12.1. The second-order valence-corrected chi connectivity index (χ2v) is 16.8. The molecule has 332 valence electrons. The second-order valence-electron chi connectivity index (χ2n) is 16.8. The van der Waals surface area contributed by atoms with Gasteiger partial charge in [0.05, 0.1) is 9.85 Å². The molecule has 0 atom stereocenters. The van der Waals surface area contributed by atoms with E-state index in [1.807, 2.05) is 103 Å². The van der Waals surface area contributed by atoms with E-state index < -0.39 is 0 Å². The van der Waals surface area contributed by atoms with Gasteiger partial charge in [0.2, 0.25) is 0 Å². The summed E-state index contributed by atoms with van der Waals surface area (Å²) in [5.74, 6) is 0. The number of aryl methyl sites for hydroxylation is 1. The summed E-state index contributed by atoms with van der Waals surface area (Å²) < 4.78 is 4.94. The number of aromatic nitrogens is 2. The van der Waals surface area contributed by atoms with Crippen LogP contribution >= 0.6 is 0 Å². The van der Waals surface area contributed by atoms with Gasteiger partial charge in [0, 0.05) is 57.9 Å². The molecular formula is C59H46N4O5. The average molecular weight is 891 g/mol. The fraction of sp³-hybridized carbons (Fsp3) is 0.0847. The number of para-hydroxylation sites is 4. The molecule has 11 aromatic rings. The highest BCUT2D eigenvalue weighted by Crippen LogP contribution is 2.39. The number of H-pyrrole nitrogens is 2. The van der Waals surface area contributed by atoms with E-state index in [9.17, 15) is 20.2 Å². The molecule has 9 nitrogen and oxygen atoms in total. The molecule has 1 saturated heterocycles. The van der Waals surface area contributed by atoms with E-state index in [2.05, 4.69) is 89.7 Å². The first-order valence-corrected chi connectivity index (χ1v) is 22.7. The Balaban J connectivity index is 0.000000145. The zero-order valence-electron chi connectivity index (χ0n) is 37.3. The predicted molar refractivity (Wildman–Crippen MR) is 280 cm³/mol. The Hall–Kier alpha value is -8.66. The van der Waals surface area contributed by atoms with Crippen LogP contribution in [0.25, 0.3) is 97.8 Å². The number of aromatic amines is 2. The van der Waals surface area contributed by atoms with Crippen LogP contribution in [0.1, 0.15) is 18.4 Å². The maximum absolute atomic E-state index is 12.0. The van der Waals surface area contributed by atoms with Crippen molar-refractivity contribution in [2.45, 2.75) is 19.8 Å². The molecule has 68 heavy (non-hydrogen) atoms. The van der Waals surface area contributed by atoms with E-state index in [0.717, 1.165) is 106 Å². The summed E-state index contributed by atoms with van der Waals surface area (Å²) in [5.41, 5.74) is 6.21. The number of nitrogens with one attached hydrogen (secondary N) is 2. The van der Waals surface area contributed by atoms with Crippen LogP contribution in [0.2, 0.25) is 0 Å². The van der Waals surface area contributed by atoms with Crippen molar-refractivity contribution in [1.29, 1.82) is 0 Å². The number of hydrogen-bond donors (Lipinski definition) is 2. The number of nitro groups is 2. The highest BCUT2D eigenvalue weighted by Gasteiger charge is 2.17. The highest BCUT2D eigenvalue weighted by molar-refractivity contribution is 6.23. The van der Waals surface area contributed by atoms with Crippen molar-refractivity contribution in [2.24, 2.45) is 0 Å². The number of ether oxygens (including phenoxy) is 1. The molecule has 0 radical (unpaired) electrons. The van der Waals surface area contributed by atoms with Gasteiger partial charge in [-0.05, 0) is 91.7 Å². The monoisotopic (exact) mass is 890 g/mol. The molecule has 0 saturated carbocycles. The molecule has 1 fully saturated rings. The minimum atomic E-state index is -0.326. The van der Waals surface area contributed by atoms with Crippen LogP contribution in [0.4, 0.5) is 11.4 Å². The Kier molecular flexibility index (Phi) is 12.1. The van der Waals surface area contributed by atoms with Gasteiger partial charge in [0.15, 0.2) is 0 Å². The molecule has 0 aliphatic carbocycles. The summed E-state index contributed by atoms with van der Waals surface area (Å²) in [6.45, 7) is 4.10. The van der Waals surface area contributed by atoms with Crippen molar-refractivity contribution in [3.05, 3.63) is 226 Å². The van der Waals surface area contributed by atoms with Crippen LogP contribution in [0.5, 0.6) is 0 Å². The second kappa shape index (κ2) is 19.1. The van der Waals surface area contributed by atoms with Gasteiger partial charge < -0.3 is 14.7 Å². The van der Waals surface area contributed by atoms with Crippen LogP contribution in [0, 0.1) is 27.2 Å². The lowest BCUT2D eigenvalue weighted by Crippen LogP contribution is -1.90. The van der Waals surface area contributed by atoms with E-state index >= 15 is 0 Å². The van der Waals surface area contributed by atoms with Gasteiger partial charge in [-0.2, -0.15) is 0 Å². The van der Waals surface area contributed by atoms with Gasteiger partial charge in [-0.1, -0.05) is 176 Å². The van der Waals surface area contributed by atoms with E-state index in [-0.39, 0.29) is 21.2 Å². The third-order valence-corrected chi connectivity index (χ3v) is 12.7. The van der Waals surface area contributed by atoms with Gasteiger partial charge in [0.25, 0.3) is 11.4 Å². The summed E-state index contributed by atoms with van der Waals surface area (Å²) in [4.78, 5) is 30.0. The van der Waals surface area contributed by atoms with Gasteiger partial charge in [-0.15, -0.1) is 0 Å². The first-order valence-electron chi connectivity index (χ1n) is 22.7. The quantitative estimate of drug-likeness (QED) is 0.135. The van der Waals surface area contributed by atoms with Crippen molar-refractivity contribution in [1.82, 2.24) is 9.97 Å². The van der Waals surface area contributed by atoms with Gasteiger partial charge in [0.1, 0.15) is 11.0 Å². The molecule has 0 bridgehead atoms. The molecule has 3 heterocycles. The Morgan fingerprint density at radius 3 is 1.26 bits per heavy atom. The summed E-state index contributed by atoms with van der Waals surface area (Å²) in [5, 5.41) is 35.9. The number of rotatable bonds is 3. The molecule has 2 aromatic heterocycles. The Bertz CT molecular complexity index is 3870. The van der Waals surface area contributed by atoms with Crippen molar-refractivity contribution in [3.63, 3.8) is 0 Å². The third kappa shape index (κ3) is 8.27. The first kappa shape index (κ1) is 43.2. The van der Waals surface area contributed by atoms with Crippen LogP contribution in [0.3, 0.4) is 0 Å². The summed E-state index contributed by atoms with van der Waals surface area (Å²) in [6, 6.07) is 65.7. The lowest BCUT2D eigenvalue weighted by Gasteiger charge is -2.09.